The molecule has 0 unspecified atom stereocenters. The lowest BCUT2D eigenvalue weighted by molar-refractivity contribution is -0.0436. The molecule has 1 saturated heterocycles. The van der Waals surface area contributed by atoms with Gasteiger partial charge in [0.1, 0.15) is 0 Å². The van der Waals surface area contributed by atoms with E-state index in [1.54, 1.807) is 0 Å². The van der Waals surface area contributed by atoms with Crippen molar-refractivity contribution in [3.05, 3.63) is 65.9 Å². The topological polar surface area (TPSA) is 53.5 Å². The molecule has 2 aliphatic rings. The standard InChI is InChI=1S/C23H22F3N3O2S/c1-16-2-7-20-17(8-11-27-21(20)12-16)13-29-15-28(14-22(29)9-10-22)18-3-5-19(6-4-18)32(30,31)23(24,25)26/h2-8,11-12H,9-10,13-15H2,1H3. The first-order valence-electron chi connectivity index (χ1n) is 10.3. The minimum atomic E-state index is -5.34. The van der Waals surface area contributed by atoms with Crippen LogP contribution < -0.4 is 4.90 Å². The summed E-state index contributed by atoms with van der Waals surface area (Å²) < 4.78 is 61.7. The molecule has 32 heavy (non-hydrogen) atoms. The molecule has 1 spiro atoms. The third kappa shape index (κ3) is 3.53. The van der Waals surface area contributed by atoms with Crippen molar-refractivity contribution in [3.8, 4) is 0 Å². The van der Waals surface area contributed by atoms with Crippen LogP contribution in [0.25, 0.3) is 10.9 Å². The van der Waals surface area contributed by atoms with E-state index in [-0.39, 0.29) is 5.54 Å². The molecule has 0 amide bonds. The second-order valence-corrected chi connectivity index (χ2v) is 10.6. The number of rotatable bonds is 4. The number of fused-ring (bicyclic) bond motifs is 1. The molecule has 1 aliphatic carbocycles. The monoisotopic (exact) mass is 461 g/mol. The molecule has 2 heterocycles. The maximum Gasteiger partial charge on any atom is 0.501 e. The van der Waals surface area contributed by atoms with Gasteiger partial charge in [0.2, 0.25) is 0 Å². The molecule has 1 aromatic heterocycles. The Kier molecular flexibility index (Phi) is 4.76. The third-order valence-electron chi connectivity index (χ3n) is 6.49. The van der Waals surface area contributed by atoms with Crippen LogP contribution in [0.3, 0.4) is 0 Å². The van der Waals surface area contributed by atoms with Crippen molar-refractivity contribution in [2.75, 3.05) is 18.1 Å². The summed E-state index contributed by atoms with van der Waals surface area (Å²) in [5, 5.41) is 1.12. The average Bonchev–Trinajstić information content (AvgIpc) is 3.43. The number of anilines is 1. The van der Waals surface area contributed by atoms with Gasteiger partial charge in [0.15, 0.2) is 0 Å². The molecule has 0 radical (unpaired) electrons. The second kappa shape index (κ2) is 7.18. The van der Waals surface area contributed by atoms with E-state index in [0.717, 1.165) is 60.2 Å². The van der Waals surface area contributed by atoms with Gasteiger partial charge < -0.3 is 4.90 Å². The number of aryl methyl sites for hydroxylation is 1. The number of hydrogen-bond acceptors (Lipinski definition) is 5. The molecule has 9 heteroatoms. The highest BCUT2D eigenvalue weighted by Crippen LogP contribution is 2.48. The van der Waals surface area contributed by atoms with Gasteiger partial charge in [-0.05, 0) is 67.3 Å². The number of aromatic nitrogens is 1. The first-order valence-corrected chi connectivity index (χ1v) is 11.8. The van der Waals surface area contributed by atoms with Gasteiger partial charge >= 0.3 is 5.51 Å². The smallest absolute Gasteiger partial charge is 0.357 e. The summed E-state index contributed by atoms with van der Waals surface area (Å²) in [5.41, 5.74) is -1.22. The summed E-state index contributed by atoms with van der Waals surface area (Å²) >= 11 is 0. The van der Waals surface area contributed by atoms with Gasteiger partial charge in [-0.1, -0.05) is 12.1 Å². The largest absolute Gasteiger partial charge is 0.501 e. The summed E-state index contributed by atoms with van der Waals surface area (Å²) in [6.07, 6.45) is 3.95. The Balaban J connectivity index is 1.38. The number of hydrogen-bond donors (Lipinski definition) is 0. The van der Waals surface area contributed by atoms with Crippen LogP contribution >= 0.6 is 0 Å². The Hall–Kier alpha value is -2.65. The molecule has 2 aromatic carbocycles. The van der Waals surface area contributed by atoms with Crippen LogP contribution in [0.1, 0.15) is 24.0 Å². The first kappa shape index (κ1) is 21.2. The number of halogens is 3. The normalized spacial score (nSPS) is 18.6. The average molecular weight is 462 g/mol. The van der Waals surface area contributed by atoms with Crippen LogP contribution in [0, 0.1) is 6.92 Å². The molecule has 5 nitrogen and oxygen atoms in total. The first-order chi connectivity index (χ1) is 15.1. The zero-order valence-corrected chi connectivity index (χ0v) is 18.2. The van der Waals surface area contributed by atoms with E-state index in [9.17, 15) is 21.6 Å². The predicted molar refractivity (Wildman–Crippen MR) is 116 cm³/mol. The molecule has 1 aliphatic heterocycles. The highest BCUT2D eigenvalue weighted by atomic mass is 32.2. The Morgan fingerprint density at radius 1 is 1.06 bits per heavy atom. The minimum Gasteiger partial charge on any atom is -0.357 e. The zero-order chi connectivity index (χ0) is 22.7. The van der Waals surface area contributed by atoms with E-state index in [2.05, 4.69) is 33.0 Å². The van der Waals surface area contributed by atoms with Crippen molar-refractivity contribution in [2.45, 2.75) is 42.3 Å². The van der Waals surface area contributed by atoms with Gasteiger partial charge in [-0.15, -0.1) is 0 Å². The summed E-state index contributed by atoms with van der Waals surface area (Å²) in [4.78, 5) is 8.25. The molecule has 2 fully saturated rings. The van der Waals surface area contributed by atoms with Crippen molar-refractivity contribution in [2.24, 2.45) is 0 Å². The van der Waals surface area contributed by atoms with Crippen molar-refractivity contribution in [1.29, 1.82) is 0 Å². The summed E-state index contributed by atoms with van der Waals surface area (Å²) in [6.45, 7) is 4.18. The molecule has 1 saturated carbocycles. The number of nitrogens with zero attached hydrogens (tertiary/aromatic N) is 3. The fourth-order valence-corrected chi connectivity index (χ4v) is 5.26. The maximum atomic E-state index is 12.8. The van der Waals surface area contributed by atoms with Crippen LogP contribution in [0.15, 0.2) is 59.6 Å². The van der Waals surface area contributed by atoms with Gasteiger partial charge in [-0.25, -0.2) is 8.42 Å². The van der Waals surface area contributed by atoms with Crippen LogP contribution in [0.5, 0.6) is 0 Å². The second-order valence-electron chi connectivity index (χ2n) is 8.70. The molecular formula is C23H22F3N3O2S. The quantitative estimate of drug-likeness (QED) is 0.566. The Bertz CT molecular complexity index is 1290. The maximum absolute atomic E-state index is 12.8. The molecule has 5 rings (SSSR count). The van der Waals surface area contributed by atoms with E-state index < -0.39 is 20.2 Å². The van der Waals surface area contributed by atoms with Crippen LogP contribution in [0.4, 0.5) is 18.9 Å². The van der Waals surface area contributed by atoms with Crippen LogP contribution in [-0.2, 0) is 16.4 Å². The fourth-order valence-electron chi connectivity index (χ4n) is 4.50. The molecule has 0 N–H and O–H groups in total. The SMILES string of the molecule is Cc1ccc2c(CN3CN(c4ccc(S(=O)(=O)C(F)(F)F)cc4)CC34CC4)ccnc2c1. The summed E-state index contributed by atoms with van der Waals surface area (Å²) in [7, 11) is -5.34. The van der Waals surface area contributed by atoms with Gasteiger partial charge in [-0.3, -0.25) is 9.88 Å². The minimum absolute atomic E-state index is 0.0526. The number of sulfone groups is 1. The number of pyridine rings is 1. The van der Waals surface area contributed by atoms with E-state index in [1.165, 1.54) is 17.7 Å². The Labute approximate surface area is 184 Å². The van der Waals surface area contributed by atoms with E-state index in [1.807, 2.05) is 19.2 Å². The van der Waals surface area contributed by atoms with Gasteiger partial charge in [0.05, 0.1) is 17.1 Å². The van der Waals surface area contributed by atoms with Crippen molar-refractivity contribution in [1.82, 2.24) is 9.88 Å². The lowest BCUT2D eigenvalue weighted by Crippen LogP contribution is -2.32. The molecule has 0 atom stereocenters. The van der Waals surface area contributed by atoms with E-state index in [0.29, 0.717) is 6.67 Å². The number of benzene rings is 2. The zero-order valence-electron chi connectivity index (χ0n) is 17.4. The Morgan fingerprint density at radius 2 is 1.78 bits per heavy atom. The number of alkyl halides is 3. The molecule has 168 valence electrons. The highest BCUT2D eigenvalue weighted by Gasteiger charge is 2.53. The van der Waals surface area contributed by atoms with E-state index in [4.69, 9.17) is 0 Å². The lowest BCUT2D eigenvalue weighted by Gasteiger charge is -2.23. The van der Waals surface area contributed by atoms with Crippen molar-refractivity contribution >= 4 is 26.4 Å². The van der Waals surface area contributed by atoms with Gasteiger partial charge in [0, 0.05) is 35.9 Å². The molecule has 3 aromatic rings. The summed E-state index contributed by atoms with van der Waals surface area (Å²) in [6, 6.07) is 13.3. The summed E-state index contributed by atoms with van der Waals surface area (Å²) in [5.74, 6) is 0. The van der Waals surface area contributed by atoms with Crippen LogP contribution in [-0.4, -0.2) is 42.6 Å². The van der Waals surface area contributed by atoms with Gasteiger partial charge in [0.25, 0.3) is 9.84 Å². The Morgan fingerprint density at radius 3 is 2.44 bits per heavy atom. The van der Waals surface area contributed by atoms with E-state index >= 15 is 0 Å². The molecular weight excluding hydrogens is 439 g/mol. The van der Waals surface area contributed by atoms with Crippen molar-refractivity contribution < 1.29 is 21.6 Å². The third-order valence-corrected chi connectivity index (χ3v) is 7.99. The fraction of sp³-hybridized carbons (Fsp3) is 0.348. The highest BCUT2D eigenvalue weighted by molar-refractivity contribution is 7.92. The predicted octanol–water partition coefficient (Wildman–Crippen LogP) is 4.65. The lowest BCUT2D eigenvalue weighted by atomic mass is 10.1. The van der Waals surface area contributed by atoms with Crippen molar-refractivity contribution in [3.63, 3.8) is 0 Å². The van der Waals surface area contributed by atoms with Gasteiger partial charge in [-0.2, -0.15) is 13.2 Å². The van der Waals surface area contributed by atoms with Crippen LogP contribution in [0.2, 0.25) is 0 Å². The molecule has 0 bridgehead atoms.